The zero-order valence-electron chi connectivity index (χ0n) is 13.4. The van der Waals surface area contributed by atoms with Crippen molar-refractivity contribution < 1.29 is 19.7 Å². The van der Waals surface area contributed by atoms with E-state index in [2.05, 4.69) is 21.5 Å². The van der Waals surface area contributed by atoms with Crippen molar-refractivity contribution in [3.63, 3.8) is 0 Å². The summed E-state index contributed by atoms with van der Waals surface area (Å²) in [5.41, 5.74) is 7.63. The number of ether oxygens (including phenoxy) is 2. The van der Waals surface area contributed by atoms with Gasteiger partial charge in [-0.3, -0.25) is 4.57 Å². The van der Waals surface area contributed by atoms with Gasteiger partial charge in [0.1, 0.15) is 30.2 Å². The first kappa shape index (κ1) is 16.8. The van der Waals surface area contributed by atoms with Crippen molar-refractivity contribution in [3.05, 3.63) is 24.8 Å². The smallest absolute Gasteiger partial charge is 0.167 e. The van der Waals surface area contributed by atoms with E-state index in [0.29, 0.717) is 17.8 Å². The Hall–Kier alpha value is -2.07. The third kappa shape index (κ3) is 3.11. The van der Waals surface area contributed by atoms with Crippen LogP contribution in [0.15, 0.2) is 24.8 Å². The molecule has 2 aromatic heterocycles. The normalized spacial score (nSPS) is 27.0. The van der Waals surface area contributed by atoms with Crippen LogP contribution in [0.4, 0.5) is 5.82 Å². The summed E-state index contributed by atoms with van der Waals surface area (Å²) < 4.78 is 12.8. The molecule has 3 rings (SSSR count). The van der Waals surface area contributed by atoms with Crippen LogP contribution in [0.3, 0.4) is 0 Å². The quantitative estimate of drug-likeness (QED) is 0.497. The van der Waals surface area contributed by atoms with Gasteiger partial charge in [-0.2, -0.15) is 0 Å². The van der Waals surface area contributed by atoms with Crippen molar-refractivity contribution in [2.24, 2.45) is 0 Å². The molecule has 0 aromatic carbocycles. The molecule has 4 atom stereocenters. The van der Waals surface area contributed by atoms with Crippen LogP contribution >= 0.6 is 0 Å². The summed E-state index contributed by atoms with van der Waals surface area (Å²) in [4.78, 5) is 12.1. The van der Waals surface area contributed by atoms with Gasteiger partial charge in [0.25, 0.3) is 0 Å². The van der Waals surface area contributed by atoms with Gasteiger partial charge in [0.05, 0.1) is 19.5 Å². The molecule has 1 fully saturated rings. The lowest BCUT2D eigenvalue weighted by molar-refractivity contribution is -0.0650. The predicted octanol–water partition coefficient (Wildman–Crippen LogP) is 0.0105. The third-order valence-corrected chi connectivity index (χ3v) is 3.95. The second-order valence-corrected chi connectivity index (χ2v) is 5.91. The molecule has 4 N–H and O–H groups in total. The Morgan fingerprint density at radius 2 is 2.17 bits per heavy atom. The molecule has 0 bridgehead atoms. The van der Waals surface area contributed by atoms with E-state index in [9.17, 15) is 10.2 Å². The molecule has 0 saturated carbocycles. The highest BCUT2D eigenvalue weighted by molar-refractivity contribution is 5.81. The van der Waals surface area contributed by atoms with Crippen LogP contribution < -0.4 is 5.73 Å². The van der Waals surface area contributed by atoms with E-state index in [1.54, 1.807) is 0 Å². The maximum absolute atomic E-state index is 10.3. The molecular formula is C15H21N5O4. The zero-order valence-corrected chi connectivity index (χ0v) is 13.4. The molecule has 2 aromatic rings. The molecule has 130 valence electrons. The van der Waals surface area contributed by atoms with E-state index in [1.165, 1.54) is 17.2 Å². The number of imidazole rings is 1. The van der Waals surface area contributed by atoms with Crippen LogP contribution in [0.25, 0.3) is 11.2 Å². The minimum atomic E-state index is -1.13. The fraction of sp³-hybridized carbons (Fsp3) is 0.533. The first-order chi connectivity index (χ1) is 11.5. The number of hydrogen-bond donors (Lipinski definition) is 3. The van der Waals surface area contributed by atoms with Crippen molar-refractivity contribution in [1.29, 1.82) is 0 Å². The van der Waals surface area contributed by atoms with Gasteiger partial charge in [-0.15, -0.1) is 6.58 Å². The van der Waals surface area contributed by atoms with Crippen LogP contribution in [0, 0.1) is 0 Å². The van der Waals surface area contributed by atoms with Gasteiger partial charge in [-0.25, -0.2) is 15.0 Å². The Labute approximate surface area is 138 Å². The number of aliphatic hydroxyl groups is 2. The number of nitrogens with two attached hydrogens (primary N) is 1. The summed E-state index contributed by atoms with van der Waals surface area (Å²) in [6, 6.07) is 0. The van der Waals surface area contributed by atoms with Crippen molar-refractivity contribution in [2.45, 2.75) is 37.9 Å². The highest BCUT2D eigenvalue weighted by Crippen LogP contribution is 2.32. The number of nitrogen functional groups attached to an aromatic ring is 1. The summed E-state index contributed by atoms with van der Waals surface area (Å²) >= 11 is 0. The molecule has 1 aliphatic heterocycles. The van der Waals surface area contributed by atoms with Gasteiger partial charge >= 0.3 is 0 Å². The largest absolute Gasteiger partial charge is 0.387 e. The van der Waals surface area contributed by atoms with Gasteiger partial charge in [0, 0.05) is 0 Å². The molecule has 1 aliphatic rings. The first-order valence-electron chi connectivity index (χ1n) is 7.65. The molecule has 0 radical (unpaired) electrons. The maximum Gasteiger partial charge on any atom is 0.167 e. The molecule has 0 amide bonds. The summed E-state index contributed by atoms with van der Waals surface area (Å²) in [6.07, 6.45) is -0.172. The highest BCUT2D eigenvalue weighted by atomic mass is 16.6. The number of rotatable bonds is 6. The minimum Gasteiger partial charge on any atom is -0.387 e. The van der Waals surface area contributed by atoms with Crippen molar-refractivity contribution in [3.8, 4) is 0 Å². The molecule has 9 nitrogen and oxygen atoms in total. The molecule has 24 heavy (non-hydrogen) atoms. The molecule has 3 heterocycles. The molecule has 9 heteroatoms. The first-order valence-corrected chi connectivity index (χ1v) is 7.65. The lowest BCUT2D eigenvalue weighted by Crippen LogP contribution is -2.33. The van der Waals surface area contributed by atoms with Gasteiger partial charge in [0.15, 0.2) is 17.7 Å². The van der Waals surface area contributed by atoms with Crippen LogP contribution in [-0.2, 0) is 9.47 Å². The Morgan fingerprint density at radius 1 is 1.38 bits per heavy atom. The summed E-state index contributed by atoms with van der Waals surface area (Å²) in [5.74, 6) is 0.242. The minimum absolute atomic E-state index is 0.172. The Bertz CT molecular complexity index is 734. The van der Waals surface area contributed by atoms with Crippen LogP contribution in [0.1, 0.15) is 19.6 Å². The van der Waals surface area contributed by atoms with Gasteiger partial charge in [-0.1, -0.05) is 5.57 Å². The molecule has 0 unspecified atom stereocenters. The molecule has 0 spiro atoms. The van der Waals surface area contributed by atoms with E-state index in [1.807, 2.05) is 6.92 Å². The molecule has 0 aliphatic carbocycles. The fourth-order valence-corrected chi connectivity index (χ4v) is 2.60. The maximum atomic E-state index is 10.3. The number of aromatic nitrogens is 4. The number of fused-ring (bicyclic) bond motifs is 1. The lowest BCUT2D eigenvalue weighted by atomic mass is 10.1. The third-order valence-electron chi connectivity index (χ3n) is 3.95. The monoisotopic (exact) mass is 335 g/mol. The van der Waals surface area contributed by atoms with E-state index >= 15 is 0 Å². The second-order valence-electron chi connectivity index (χ2n) is 5.91. The van der Waals surface area contributed by atoms with Crippen molar-refractivity contribution in [2.75, 3.05) is 18.9 Å². The van der Waals surface area contributed by atoms with Gasteiger partial charge < -0.3 is 25.4 Å². The zero-order chi connectivity index (χ0) is 17.3. The average molecular weight is 335 g/mol. The SMILES string of the molecule is C=C(C)CCOC[C@H]1O[C@@H](n2cnc3c(N)ncnc32)[C@H](O)[C@@H]1O. The number of aliphatic hydroxyl groups excluding tert-OH is 2. The number of hydrogen-bond acceptors (Lipinski definition) is 8. The Morgan fingerprint density at radius 3 is 2.92 bits per heavy atom. The number of nitrogens with zero attached hydrogens (tertiary/aromatic N) is 4. The molecular weight excluding hydrogens is 314 g/mol. The van der Waals surface area contributed by atoms with E-state index < -0.39 is 24.5 Å². The predicted molar refractivity (Wildman–Crippen MR) is 85.9 cm³/mol. The summed E-state index contributed by atoms with van der Waals surface area (Å²) in [7, 11) is 0. The second kappa shape index (κ2) is 6.81. The van der Waals surface area contributed by atoms with Gasteiger partial charge in [0.2, 0.25) is 0 Å². The van der Waals surface area contributed by atoms with E-state index in [0.717, 1.165) is 12.0 Å². The van der Waals surface area contributed by atoms with Crippen molar-refractivity contribution >= 4 is 17.0 Å². The van der Waals surface area contributed by atoms with Gasteiger partial charge in [-0.05, 0) is 13.3 Å². The molecule has 1 saturated heterocycles. The average Bonchev–Trinajstić information content (AvgIpc) is 3.08. The Balaban J connectivity index is 1.72. The summed E-state index contributed by atoms with van der Waals surface area (Å²) in [6.45, 7) is 6.38. The summed E-state index contributed by atoms with van der Waals surface area (Å²) in [5, 5.41) is 20.5. The van der Waals surface area contributed by atoms with Crippen LogP contribution in [0.2, 0.25) is 0 Å². The standard InChI is InChI=1S/C15H21N5O4/c1-8(2)3-4-23-5-9-11(21)12(22)15(24-9)20-7-19-10-13(16)17-6-18-14(10)20/h6-7,9,11-12,15,21-22H,1,3-5H2,2H3,(H2,16,17,18)/t9-,11-,12-,15-/m1/s1. The lowest BCUT2D eigenvalue weighted by Gasteiger charge is -2.16. The van der Waals surface area contributed by atoms with Crippen LogP contribution in [-0.4, -0.2) is 61.3 Å². The van der Waals surface area contributed by atoms with E-state index in [-0.39, 0.29) is 12.4 Å². The fourth-order valence-electron chi connectivity index (χ4n) is 2.60. The number of anilines is 1. The van der Waals surface area contributed by atoms with E-state index in [4.69, 9.17) is 15.2 Å². The topological polar surface area (TPSA) is 129 Å². The van der Waals surface area contributed by atoms with Crippen molar-refractivity contribution in [1.82, 2.24) is 19.5 Å². The van der Waals surface area contributed by atoms with Crippen LogP contribution in [0.5, 0.6) is 0 Å². The highest BCUT2D eigenvalue weighted by Gasteiger charge is 2.44. The Kier molecular flexibility index (Phi) is 4.76.